The Morgan fingerprint density at radius 1 is 1.28 bits per heavy atom. The minimum atomic E-state index is -1.18. The van der Waals surface area contributed by atoms with Gasteiger partial charge in [0.15, 0.2) is 11.6 Å². The molecule has 0 aromatic heterocycles. The molecule has 32 heavy (non-hydrogen) atoms. The van der Waals surface area contributed by atoms with Crippen molar-refractivity contribution in [2.24, 2.45) is 5.92 Å². The second-order valence-corrected chi connectivity index (χ2v) is 9.62. The molecule has 2 fully saturated rings. The van der Waals surface area contributed by atoms with Gasteiger partial charge in [0.25, 0.3) is 0 Å². The molecule has 1 aromatic rings. The van der Waals surface area contributed by atoms with Crippen LogP contribution in [0.5, 0.6) is 5.75 Å². The van der Waals surface area contributed by atoms with Gasteiger partial charge >= 0.3 is 6.09 Å². The molecule has 1 amide bonds. The highest BCUT2D eigenvalue weighted by Crippen LogP contribution is 2.51. The summed E-state index contributed by atoms with van der Waals surface area (Å²) in [4.78, 5) is 28.7. The number of piperazine rings is 1. The number of hydrogen-bond donors (Lipinski definition) is 1. The van der Waals surface area contributed by atoms with Gasteiger partial charge in [0.1, 0.15) is 18.2 Å². The number of carbonyl (C=O) groups is 2. The minimum Gasteiger partial charge on any atom is -0.490 e. The summed E-state index contributed by atoms with van der Waals surface area (Å²) in [6.07, 6.45) is 0.861. The van der Waals surface area contributed by atoms with Crippen LogP contribution in [0.3, 0.4) is 0 Å². The largest absolute Gasteiger partial charge is 0.490 e. The number of halogens is 2. The van der Waals surface area contributed by atoms with E-state index in [2.05, 4.69) is 4.90 Å². The quantitative estimate of drug-likeness (QED) is 0.708. The highest BCUT2D eigenvalue weighted by Gasteiger charge is 2.52. The van der Waals surface area contributed by atoms with Gasteiger partial charge in [-0.25, -0.2) is 13.6 Å². The topological polar surface area (TPSA) is 79.3 Å². The van der Waals surface area contributed by atoms with Crippen molar-refractivity contribution in [1.82, 2.24) is 9.80 Å². The predicted octanol–water partition coefficient (Wildman–Crippen LogP) is 2.49. The summed E-state index contributed by atoms with van der Waals surface area (Å²) in [6, 6.07) is 2.02. The van der Waals surface area contributed by atoms with Crippen molar-refractivity contribution < 1.29 is 33.0 Å². The van der Waals surface area contributed by atoms with Crippen LogP contribution in [0.4, 0.5) is 13.6 Å². The zero-order valence-corrected chi connectivity index (χ0v) is 18.5. The maximum atomic E-state index is 14.6. The number of carbonyl (C=O) groups excluding carboxylic acids is 2. The maximum absolute atomic E-state index is 14.6. The van der Waals surface area contributed by atoms with Crippen molar-refractivity contribution >= 4 is 12.4 Å². The predicted molar refractivity (Wildman–Crippen MR) is 112 cm³/mol. The first-order valence-corrected chi connectivity index (χ1v) is 11.1. The molecule has 1 aliphatic carbocycles. The highest BCUT2D eigenvalue weighted by atomic mass is 19.1. The molecule has 4 rings (SSSR count). The van der Waals surface area contributed by atoms with Crippen LogP contribution < -0.4 is 4.74 Å². The van der Waals surface area contributed by atoms with Crippen molar-refractivity contribution in [2.45, 2.75) is 50.2 Å². The molecule has 0 bridgehead atoms. The number of benzene rings is 1. The van der Waals surface area contributed by atoms with E-state index in [1.807, 2.05) is 13.8 Å². The fourth-order valence-electron chi connectivity index (χ4n) is 5.22. The molecule has 1 saturated carbocycles. The van der Waals surface area contributed by atoms with Crippen LogP contribution in [-0.2, 0) is 14.9 Å². The minimum absolute atomic E-state index is 0.0175. The molecule has 2 heterocycles. The summed E-state index contributed by atoms with van der Waals surface area (Å²) < 4.78 is 40.1. The Morgan fingerprint density at radius 2 is 1.97 bits per heavy atom. The standard InChI is InChI=1S/C23H30F2N2O5/c1-22(2,13-28)27-9-7-26(8-10-27)21(30)32-16-5-6-23(14-29)15(11-16)12-31-20-18(25)4-3-17(24)19(20)23/h3-4,14-16,28H,5-13H2,1-2H3/t15?,16-,23?/m1/s1. The van der Waals surface area contributed by atoms with Crippen molar-refractivity contribution in [3.05, 3.63) is 29.3 Å². The molecular formula is C23H30F2N2O5. The number of rotatable bonds is 4. The van der Waals surface area contributed by atoms with Crippen LogP contribution in [-0.4, -0.2) is 78.3 Å². The molecule has 1 aromatic carbocycles. The van der Waals surface area contributed by atoms with Crippen molar-refractivity contribution in [3.8, 4) is 5.75 Å². The van der Waals surface area contributed by atoms with Gasteiger partial charge < -0.3 is 24.3 Å². The normalized spacial score (nSPS) is 28.3. The number of aliphatic hydroxyl groups is 1. The van der Waals surface area contributed by atoms with E-state index in [4.69, 9.17) is 9.47 Å². The third-order valence-corrected chi connectivity index (χ3v) is 7.37. The number of hydrogen-bond acceptors (Lipinski definition) is 6. The Bertz CT molecular complexity index is 887. The van der Waals surface area contributed by atoms with Crippen LogP contribution >= 0.6 is 0 Å². The summed E-state index contributed by atoms with van der Waals surface area (Å²) in [5.74, 6) is -1.93. The Morgan fingerprint density at radius 3 is 2.62 bits per heavy atom. The summed E-state index contributed by atoms with van der Waals surface area (Å²) in [7, 11) is 0. The lowest BCUT2D eigenvalue weighted by molar-refractivity contribution is -0.119. The van der Waals surface area contributed by atoms with Crippen LogP contribution in [0.2, 0.25) is 0 Å². The van der Waals surface area contributed by atoms with Crippen LogP contribution in [0.1, 0.15) is 38.7 Å². The van der Waals surface area contributed by atoms with E-state index in [-0.39, 0.29) is 36.5 Å². The first-order valence-electron chi connectivity index (χ1n) is 11.1. The third-order valence-electron chi connectivity index (χ3n) is 7.37. The van der Waals surface area contributed by atoms with E-state index in [9.17, 15) is 23.5 Å². The van der Waals surface area contributed by atoms with Gasteiger partial charge in [-0.3, -0.25) is 4.90 Å². The summed E-state index contributed by atoms with van der Waals surface area (Å²) in [6.45, 7) is 6.29. The van der Waals surface area contributed by atoms with Gasteiger partial charge in [-0.2, -0.15) is 0 Å². The van der Waals surface area contributed by atoms with E-state index in [1.165, 1.54) is 0 Å². The first kappa shape index (κ1) is 22.9. The Labute approximate surface area is 186 Å². The zero-order chi connectivity index (χ0) is 23.1. The lowest BCUT2D eigenvalue weighted by Crippen LogP contribution is -2.57. The fraction of sp³-hybridized carbons (Fsp3) is 0.652. The van der Waals surface area contributed by atoms with E-state index in [0.29, 0.717) is 45.3 Å². The number of fused-ring (bicyclic) bond motifs is 3. The molecule has 3 atom stereocenters. The molecule has 7 nitrogen and oxygen atoms in total. The number of aldehydes is 1. The SMILES string of the molecule is CC(C)(CO)N1CCN(C(=O)O[C@@H]2CCC3(C=O)c4c(F)ccc(F)c4OCC3C2)CC1. The Kier molecular flexibility index (Phi) is 6.15. The van der Waals surface area contributed by atoms with Crippen LogP contribution in [0, 0.1) is 17.6 Å². The molecule has 0 spiro atoms. The molecule has 176 valence electrons. The molecule has 1 N–H and O–H groups in total. The lowest BCUT2D eigenvalue weighted by atomic mass is 9.61. The first-order chi connectivity index (χ1) is 15.2. The molecule has 9 heteroatoms. The average molecular weight is 452 g/mol. The molecular weight excluding hydrogens is 422 g/mol. The van der Waals surface area contributed by atoms with E-state index < -0.39 is 35.2 Å². The molecule has 2 unspecified atom stereocenters. The van der Waals surface area contributed by atoms with Gasteiger partial charge in [-0.15, -0.1) is 0 Å². The van der Waals surface area contributed by atoms with Crippen molar-refractivity contribution in [2.75, 3.05) is 39.4 Å². The zero-order valence-electron chi connectivity index (χ0n) is 18.5. The van der Waals surface area contributed by atoms with Gasteiger partial charge in [0.05, 0.1) is 18.6 Å². The van der Waals surface area contributed by atoms with E-state index in [0.717, 1.165) is 12.1 Å². The molecule has 2 aliphatic heterocycles. The summed E-state index contributed by atoms with van der Waals surface area (Å²) in [5.41, 5.74) is -1.54. The highest BCUT2D eigenvalue weighted by molar-refractivity contribution is 5.73. The van der Waals surface area contributed by atoms with Gasteiger partial charge in [-0.1, -0.05) is 0 Å². The lowest BCUT2D eigenvalue weighted by Gasteiger charge is -2.47. The second-order valence-electron chi connectivity index (χ2n) is 9.62. The van der Waals surface area contributed by atoms with Crippen molar-refractivity contribution in [1.29, 1.82) is 0 Å². The average Bonchev–Trinajstić information content (AvgIpc) is 2.81. The monoisotopic (exact) mass is 452 g/mol. The second kappa shape index (κ2) is 8.59. The Balaban J connectivity index is 1.41. The van der Waals surface area contributed by atoms with Crippen LogP contribution in [0.15, 0.2) is 12.1 Å². The molecule has 1 saturated heterocycles. The van der Waals surface area contributed by atoms with E-state index in [1.54, 1.807) is 4.90 Å². The maximum Gasteiger partial charge on any atom is 0.410 e. The summed E-state index contributed by atoms with van der Waals surface area (Å²) in [5, 5.41) is 9.54. The van der Waals surface area contributed by atoms with Crippen LogP contribution in [0.25, 0.3) is 0 Å². The number of amides is 1. The third kappa shape index (κ3) is 3.85. The number of nitrogens with zero attached hydrogens (tertiary/aromatic N) is 2. The van der Waals surface area contributed by atoms with Crippen molar-refractivity contribution in [3.63, 3.8) is 0 Å². The van der Waals surface area contributed by atoms with Gasteiger partial charge in [-0.05, 0) is 45.2 Å². The number of aliphatic hydroxyl groups excluding tert-OH is 1. The Hall–Kier alpha value is -2.26. The van der Waals surface area contributed by atoms with E-state index >= 15 is 0 Å². The number of ether oxygens (including phenoxy) is 2. The van der Waals surface area contributed by atoms with Gasteiger partial charge in [0.2, 0.25) is 0 Å². The smallest absolute Gasteiger partial charge is 0.410 e. The summed E-state index contributed by atoms with van der Waals surface area (Å²) >= 11 is 0. The molecule has 3 aliphatic rings. The molecule has 0 radical (unpaired) electrons. The fourth-order valence-corrected chi connectivity index (χ4v) is 5.22. The van der Waals surface area contributed by atoms with Gasteiger partial charge in [0, 0.05) is 43.2 Å².